The van der Waals surface area contributed by atoms with Crippen molar-refractivity contribution in [1.29, 1.82) is 0 Å². The predicted octanol–water partition coefficient (Wildman–Crippen LogP) is 3.01. The maximum atomic E-state index is 11.0. The molecule has 3 rings (SSSR count). The van der Waals surface area contributed by atoms with Crippen LogP contribution in [0.4, 0.5) is 5.82 Å². The third kappa shape index (κ3) is 2.76. The van der Waals surface area contributed by atoms with Gasteiger partial charge in [0.1, 0.15) is 5.82 Å². The Bertz CT molecular complexity index is 579. The van der Waals surface area contributed by atoms with Gasteiger partial charge in [0.25, 0.3) is 0 Å². The number of hydrogen-bond acceptors (Lipinski definition) is 4. The Morgan fingerprint density at radius 1 is 1.47 bits per heavy atom. The summed E-state index contributed by atoms with van der Waals surface area (Å²) in [6.07, 6.45) is 3.88. The molecule has 0 unspecified atom stereocenters. The predicted molar refractivity (Wildman–Crippen MR) is 74.7 cm³/mol. The van der Waals surface area contributed by atoms with Crippen molar-refractivity contribution in [3.63, 3.8) is 0 Å². The molecular formula is C14H14N2O2S. The van der Waals surface area contributed by atoms with Crippen LogP contribution in [-0.2, 0) is 6.54 Å². The molecule has 1 saturated carbocycles. The van der Waals surface area contributed by atoms with Gasteiger partial charge in [0.2, 0.25) is 0 Å². The van der Waals surface area contributed by atoms with E-state index in [-0.39, 0.29) is 0 Å². The van der Waals surface area contributed by atoms with Crippen LogP contribution in [0, 0.1) is 0 Å². The van der Waals surface area contributed by atoms with Crippen LogP contribution in [0.2, 0.25) is 0 Å². The first-order chi connectivity index (χ1) is 9.24. The van der Waals surface area contributed by atoms with Gasteiger partial charge in [0.05, 0.1) is 5.56 Å². The number of anilines is 1. The molecule has 2 aromatic heterocycles. The number of aromatic carboxylic acids is 1. The molecule has 0 bridgehead atoms. The highest BCUT2D eigenvalue weighted by Gasteiger charge is 2.30. The van der Waals surface area contributed by atoms with E-state index >= 15 is 0 Å². The van der Waals surface area contributed by atoms with Crippen molar-refractivity contribution >= 4 is 23.1 Å². The lowest BCUT2D eigenvalue weighted by molar-refractivity contribution is 0.0697. The Kier molecular flexibility index (Phi) is 3.21. The van der Waals surface area contributed by atoms with Gasteiger partial charge in [-0.2, -0.15) is 11.3 Å². The SMILES string of the molecule is O=C(O)c1ccnc(N(Cc2ccsc2)C2CC2)c1. The van der Waals surface area contributed by atoms with Crippen molar-refractivity contribution in [2.45, 2.75) is 25.4 Å². The molecule has 1 N–H and O–H groups in total. The topological polar surface area (TPSA) is 53.4 Å². The molecule has 4 nitrogen and oxygen atoms in total. The van der Waals surface area contributed by atoms with E-state index in [0.717, 1.165) is 25.2 Å². The number of thiophene rings is 1. The highest BCUT2D eigenvalue weighted by Crippen LogP contribution is 2.32. The molecule has 1 aliphatic rings. The first-order valence-electron chi connectivity index (χ1n) is 6.21. The minimum atomic E-state index is -0.907. The van der Waals surface area contributed by atoms with Gasteiger partial charge < -0.3 is 10.0 Å². The molecule has 19 heavy (non-hydrogen) atoms. The standard InChI is InChI=1S/C14H14N2O2S/c17-14(18)11-3-5-15-13(7-11)16(12-1-2-12)8-10-4-6-19-9-10/h3-7,9,12H,1-2,8H2,(H,17,18). The summed E-state index contributed by atoms with van der Waals surface area (Å²) < 4.78 is 0. The van der Waals surface area contributed by atoms with Crippen LogP contribution >= 0.6 is 11.3 Å². The summed E-state index contributed by atoms with van der Waals surface area (Å²) in [5.74, 6) is -0.150. The maximum Gasteiger partial charge on any atom is 0.335 e. The summed E-state index contributed by atoms with van der Waals surface area (Å²) in [5, 5.41) is 13.2. The summed E-state index contributed by atoms with van der Waals surface area (Å²) in [4.78, 5) is 17.6. The fourth-order valence-corrected chi connectivity index (χ4v) is 2.73. The first kappa shape index (κ1) is 12.2. The number of pyridine rings is 1. The molecule has 0 atom stereocenters. The maximum absolute atomic E-state index is 11.0. The monoisotopic (exact) mass is 274 g/mol. The number of carboxylic acid groups (broad SMARTS) is 1. The molecule has 0 amide bonds. The largest absolute Gasteiger partial charge is 0.478 e. The van der Waals surface area contributed by atoms with Gasteiger partial charge in [-0.05, 0) is 47.4 Å². The van der Waals surface area contributed by atoms with Gasteiger partial charge in [0, 0.05) is 18.8 Å². The number of carbonyl (C=O) groups is 1. The highest BCUT2D eigenvalue weighted by molar-refractivity contribution is 7.07. The molecule has 0 aliphatic heterocycles. The molecule has 0 spiro atoms. The molecule has 5 heteroatoms. The lowest BCUT2D eigenvalue weighted by Gasteiger charge is -2.23. The van der Waals surface area contributed by atoms with Crippen molar-refractivity contribution in [2.24, 2.45) is 0 Å². The summed E-state index contributed by atoms with van der Waals surface area (Å²) >= 11 is 1.68. The van der Waals surface area contributed by atoms with Crippen molar-refractivity contribution in [1.82, 2.24) is 4.98 Å². The van der Waals surface area contributed by atoms with Gasteiger partial charge >= 0.3 is 5.97 Å². The normalized spacial score (nSPS) is 14.3. The van der Waals surface area contributed by atoms with E-state index in [9.17, 15) is 4.79 Å². The van der Waals surface area contributed by atoms with Crippen molar-refractivity contribution in [3.05, 3.63) is 46.3 Å². The van der Waals surface area contributed by atoms with E-state index < -0.39 is 5.97 Å². The molecule has 0 aromatic carbocycles. The lowest BCUT2D eigenvalue weighted by atomic mass is 10.2. The van der Waals surface area contributed by atoms with E-state index in [1.807, 2.05) is 0 Å². The third-order valence-electron chi connectivity index (χ3n) is 3.21. The number of nitrogens with zero attached hydrogens (tertiary/aromatic N) is 2. The van der Waals surface area contributed by atoms with Gasteiger partial charge in [-0.3, -0.25) is 0 Å². The van der Waals surface area contributed by atoms with Crippen LogP contribution in [0.5, 0.6) is 0 Å². The van der Waals surface area contributed by atoms with Crippen LogP contribution in [0.15, 0.2) is 35.2 Å². The molecule has 2 aromatic rings. The quantitative estimate of drug-likeness (QED) is 0.910. The Morgan fingerprint density at radius 3 is 2.95 bits per heavy atom. The average molecular weight is 274 g/mol. The number of carboxylic acids is 1. The molecule has 2 heterocycles. The van der Waals surface area contributed by atoms with E-state index in [2.05, 4.69) is 26.7 Å². The minimum absolute atomic E-state index is 0.293. The fourth-order valence-electron chi connectivity index (χ4n) is 2.07. The molecular weight excluding hydrogens is 260 g/mol. The molecule has 1 fully saturated rings. The summed E-state index contributed by atoms with van der Waals surface area (Å²) in [6.45, 7) is 0.796. The lowest BCUT2D eigenvalue weighted by Crippen LogP contribution is -2.26. The van der Waals surface area contributed by atoms with Crippen molar-refractivity contribution in [2.75, 3.05) is 4.90 Å². The number of rotatable bonds is 5. The summed E-state index contributed by atoms with van der Waals surface area (Å²) in [6, 6.07) is 5.78. The average Bonchev–Trinajstić information content (AvgIpc) is 3.13. The highest BCUT2D eigenvalue weighted by atomic mass is 32.1. The number of aromatic nitrogens is 1. The second-order valence-electron chi connectivity index (χ2n) is 4.70. The van der Waals surface area contributed by atoms with Crippen LogP contribution in [-0.4, -0.2) is 22.1 Å². The smallest absolute Gasteiger partial charge is 0.335 e. The van der Waals surface area contributed by atoms with E-state index in [0.29, 0.717) is 11.6 Å². The Morgan fingerprint density at radius 2 is 2.32 bits per heavy atom. The second kappa shape index (κ2) is 5.01. The second-order valence-corrected chi connectivity index (χ2v) is 5.48. The Hall–Kier alpha value is -1.88. The molecule has 0 saturated heterocycles. The fraction of sp³-hybridized carbons (Fsp3) is 0.286. The van der Waals surface area contributed by atoms with E-state index in [1.54, 1.807) is 23.6 Å². The molecule has 98 valence electrons. The number of hydrogen-bond donors (Lipinski definition) is 1. The molecule has 1 aliphatic carbocycles. The van der Waals surface area contributed by atoms with Crippen LogP contribution < -0.4 is 4.90 Å². The summed E-state index contributed by atoms with van der Waals surface area (Å²) in [7, 11) is 0. The van der Waals surface area contributed by atoms with Gasteiger partial charge in [-0.15, -0.1) is 0 Å². The van der Waals surface area contributed by atoms with Gasteiger partial charge in [-0.1, -0.05) is 0 Å². The Balaban J connectivity index is 1.87. The third-order valence-corrected chi connectivity index (χ3v) is 3.94. The zero-order valence-electron chi connectivity index (χ0n) is 10.3. The Labute approximate surface area is 115 Å². The summed E-state index contributed by atoms with van der Waals surface area (Å²) in [5.41, 5.74) is 1.54. The van der Waals surface area contributed by atoms with Crippen molar-refractivity contribution < 1.29 is 9.90 Å². The zero-order valence-corrected chi connectivity index (χ0v) is 11.1. The van der Waals surface area contributed by atoms with Crippen molar-refractivity contribution in [3.8, 4) is 0 Å². The van der Waals surface area contributed by atoms with Gasteiger partial charge in [-0.25, -0.2) is 9.78 Å². The van der Waals surface area contributed by atoms with Crippen LogP contribution in [0.25, 0.3) is 0 Å². The van der Waals surface area contributed by atoms with E-state index in [1.165, 1.54) is 11.6 Å². The van der Waals surface area contributed by atoms with Gasteiger partial charge in [0.15, 0.2) is 0 Å². The first-order valence-corrected chi connectivity index (χ1v) is 7.15. The van der Waals surface area contributed by atoms with Crippen LogP contribution in [0.1, 0.15) is 28.8 Å². The van der Waals surface area contributed by atoms with E-state index in [4.69, 9.17) is 5.11 Å². The van der Waals surface area contributed by atoms with Crippen LogP contribution in [0.3, 0.4) is 0 Å². The molecule has 0 radical (unpaired) electrons. The minimum Gasteiger partial charge on any atom is -0.478 e. The zero-order chi connectivity index (χ0) is 13.2.